The first-order valence-electron chi connectivity index (χ1n) is 9.16. The Balaban J connectivity index is 2.09. The molecule has 3 amide bonds. The smallest absolute Gasteiger partial charge is 0.272 e. The third kappa shape index (κ3) is 6.62. The molecule has 0 aliphatic carbocycles. The van der Waals surface area contributed by atoms with E-state index in [4.69, 9.17) is 22.6 Å². The van der Waals surface area contributed by atoms with E-state index in [1.165, 1.54) is 10.6 Å². The molecular formula is C18H26N10O3. The van der Waals surface area contributed by atoms with E-state index in [-0.39, 0.29) is 42.6 Å². The lowest BCUT2D eigenvalue weighted by Gasteiger charge is -2.08. The highest BCUT2D eigenvalue weighted by Gasteiger charge is 2.19. The van der Waals surface area contributed by atoms with Gasteiger partial charge in [0.25, 0.3) is 11.8 Å². The number of aliphatic imine (C=N–C) groups is 1. The number of guanidine groups is 1. The molecule has 0 atom stereocenters. The Morgan fingerprint density at radius 3 is 2.42 bits per heavy atom. The van der Waals surface area contributed by atoms with Gasteiger partial charge in [-0.25, -0.2) is 4.99 Å². The summed E-state index contributed by atoms with van der Waals surface area (Å²) in [7, 11) is 3.36. The molecule has 0 fully saturated rings. The lowest BCUT2D eigenvalue weighted by Crippen LogP contribution is -2.28. The van der Waals surface area contributed by atoms with Crippen LogP contribution in [0.5, 0.6) is 0 Å². The van der Waals surface area contributed by atoms with Gasteiger partial charge in [-0.15, -0.1) is 0 Å². The van der Waals surface area contributed by atoms with Crippen molar-refractivity contribution in [1.29, 1.82) is 5.41 Å². The molecule has 2 aromatic rings. The van der Waals surface area contributed by atoms with Gasteiger partial charge in [0.05, 0.1) is 22.8 Å². The van der Waals surface area contributed by atoms with Gasteiger partial charge in [0.15, 0.2) is 5.96 Å². The van der Waals surface area contributed by atoms with Crippen LogP contribution in [0.4, 0.5) is 11.4 Å². The molecule has 0 radical (unpaired) electrons. The molecule has 0 spiro atoms. The number of amides is 3. The minimum Gasteiger partial charge on any atom is -0.388 e. The van der Waals surface area contributed by atoms with Crippen LogP contribution >= 0.6 is 0 Å². The van der Waals surface area contributed by atoms with Gasteiger partial charge in [-0.3, -0.25) is 19.8 Å². The van der Waals surface area contributed by atoms with E-state index in [1.807, 2.05) is 0 Å². The van der Waals surface area contributed by atoms with Crippen LogP contribution in [0, 0.1) is 5.41 Å². The molecule has 0 unspecified atom stereocenters. The highest BCUT2D eigenvalue weighted by atomic mass is 16.2. The van der Waals surface area contributed by atoms with Crippen molar-refractivity contribution < 1.29 is 14.4 Å². The summed E-state index contributed by atoms with van der Waals surface area (Å²) >= 11 is 0. The van der Waals surface area contributed by atoms with Gasteiger partial charge in [-0.2, -0.15) is 0 Å². The fraction of sp³-hybridized carbons (Fsp3) is 0.278. The quantitative estimate of drug-likeness (QED) is 0.193. The van der Waals surface area contributed by atoms with Gasteiger partial charge in [0.1, 0.15) is 12.2 Å². The Kier molecular flexibility index (Phi) is 7.38. The Morgan fingerprint density at radius 1 is 1.06 bits per heavy atom. The van der Waals surface area contributed by atoms with E-state index < -0.39 is 17.7 Å². The minimum atomic E-state index is -0.476. The van der Waals surface area contributed by atoms with Crippen LogP contribution in [-0.4, -0.2) is 51.7 Å². The van der Waals surface area contributed by atoms with Crippen molar-refractivity contribution in [3.8, 4) is 0 Å². The molecular weight excluding hydrogens is 404 g/mol. The average Bonchev–Trinajstić information content (AvgIpc) is 3.21. The summed E-state index contributed by atoms with van der Waals surface area (Å²) in [5.74, 6) is -1.56. The molecule has 13 heteroatoms. The van der Waals surface area contributed by atoms with E-state index >= 15 is 0 Å². The highest BCUT2D eigenvalue weighted by molar-refractivity contribution is 6.09. The summed E-state index contributed by atoms with van der Waals surface area (Å²) in [5.41, 5.74) is 16.9. The molecule has 13 nitrogen and oxygen atoms in total. The van der Waals surface area contributed by atoms with Crippen LogP contribution in [0.2, 0.25) is 0 Å². The van der Waals surface area contributed by atoms with Crippen molar-refractivity contribution in [2.45, 2.75) is 6.42 Å². The van der Waals surface area contributed by atoms with Crippen molar-refractivity contribution in [3.05, 3.63) is 35.9 Å². The Bertz CT molecular complexity index is 1030. The van der Waals surface area contributed by atoms with E-state index in [1.54, 1.807) is 37.3 Å². The third-order valence-electron chi connectivity index (χ3n) is 4.05. The molecule has 0 aliphatic rings. The number of carbonyl (C=O) groups is 3. The zero-order valence-electron chi connectivity index (χ0n) is 17.2. The lowest BCUT2D eigenvalue weighted by molar-refractivity contribution is -0.114. The topological polar surface area (TPSA) is 211 Å². The van der Waals surface area contributed by atoms with Crippen LogP contribution in [-0.2, 0) is 18.9 Å². The van der Waals surface area contributed by atoms with E-state index in [2.05, 4.69) is 20.9 Å². The lowest BCUT2D eigenvalue weighted by atomic mass is 10.2. The number of hydrogen-bond acceptors (Lipinski definition) is 5. The van der Waals surface area contributed by atoms with Crippen molar-refractivity contribution in [2.75, 3.05) is 23.7 Å². The summed E-state index contributed by atoms with van der Waals surface area (Å²) in [6.07, 6.45) is 4.95. The fourth-order valence-corrected chi connectivity index (χ4v) is 2.68. The normalized spacial score (nSPS) is 10.3. The zero-order valence-corrected chi connectivity index (χ0v) is 17.2. The number of nitrogens with two attached hydrogens (primary N) is 3. The first-order valence-corrected chi connectivity index (χ1v) is 9.16. The molecule has 2 heterocycles. The van der Waals surface area contributed by atoms with Gasteiger partial charge in [-0.1, -0.05) is 0 Å². The number of aryl methyl sites for hydroxylation is 2. The maximum atomic E-state index is 12.8. The van der Waals surface area contributed by atoms with E-state index in [0.717, 1.165) is 0 Å². The highest BCUT2D eigenvalue weighted by Crippen LogP contribution is 2.19. The van der Waals surface area contributed by atoms with Crippen molar-refractivity contribution in [2.24, 2.45) is 36.3 Å². The molecule has 0 bridgehead atoms. The molecule has 166 valence electrons. The summed E-state index contributed by atoms with van der Waals surface area (Å²) < 4.78 is 3.16. The number of nitrogens with one attached hydrogen (secondary N) is 4. The van der Waals surface area contributed by atoms with E-state index in [0.29, 0.717) is 11.4 Å². The second-order valence-corrected chi connectivity index (χ2v) is 6.75. The van der Waals surface area contributed by atoms with Gasteiger partial charge in [0.2, 0.25) is 5.91 Å². The van der Waals surface area contributed by atoms with Crippen LogP contribution in [0.1, 0.15) is 27.3 Å². The van der Waals surface area contributed by atoms with Crippen molar-refractivity contribution in [1.82, 2.24) is 14.5 Å². The summed E-state index contributed by atoms with van der Waals surface area (Å²) in [4.78, 5) is 40.6. The SMILES string of the molecule is Cn1cc(NC(=O)c2cc(NC(=O)CN=C(N)N)cn2C)c(C(=O)NCCC(=N)N)c1. The predicted octanol–water partition coefficient (Wildman–Crippen LogP) is -1.12. The monoisotopic (exact) mass is 430 g/mol. The van der Waals surface area contributed by atoms with Gasteiger partial charge in [-0.05, 0) is 6.07 Å². The largest absolute Gasteiger partial charge is 0.388 e. The Morgan fingerprint density at radius 2 is 1.77 bits per heavy atom. The summed E-state index contributed by atoms with van der Waals surface area (Å²) in [6, 6.07) is 1.48. The fourth-order valence-electron chi connectivity index (χ4n) is 2.68. The third-order valence-corrected chi connectivity index (χ3v) is 4.05. The van der Waals surface area contributed by atoms with Crippen LogP contribution in [0.25, 0.3) is 0 Å². The van der Waals surface area contributed by atoms with E-state index in [9.17, 15) is 14.4 Å². The Labute approximate surface area is 178 Å². The van der Waals surface area contributed by atoms with Gasteiger partial charge in [0, 0.05) is 45.7 Å². The number of nitrogens with zero attached hydrogens (tertiary/aromatic N) is 3. The molecule has 10 N–H and O–H groups in total. The number of hydrogen-bond donors (Lipinski definition) is 7. The molecule has 0 saturated carbocycles. The maximum Gasteiger partial charge on any atom is 0.272 e. The van der Waals surface area contributed by atoms with Crippen LogP contribution in [0.3, 0.4) is 0 Å². The average molecular weight is 430 g/mol. The second-order valence-electron chi connectivity index (χ2n) is 6.75. The van der Waals surface area contributed by atoms with Gasteiger partial charge >= 0.3 is 0 Å². The van der Waals surface area contributed by atoms with Crippen molar-refractivity contribution in [3.63, 3.8) is 0 Å². The summed E-state index contributed by atoms with van der Waals surface area (Å²) in [5, 5.41) is 15.1. The first kappa shape index (κ1) is 23.0. The number of amidine groups is 1. The van der Waals surface area contributed by atoms with Gasteiger partial charge < -0.3 is 42.3 Å². The molecule has 2 aromatic heterocycles. The first-order chi connectivity index (χ1) is 14.6. The number of aromatic nitrogens is 2. The molecule has 0 aliphatic heterocycles. The molecule has 2 rings (SSSR count). The summed E-state index contributed by atoms with van der Waals surface area (Å²) in [6.45, 7) is -0.0396. The minimum absolute atomic E-state index is 0.0354. The Hall–Kier alpha value is -4.29. The second kappa shape index (κ2) is 9.96. The molecule has 0 saturated heterocycles. The standard InChI is InChI=1S/C18H26N10O3/c1-27-8-11(16(30)23-4-3-14(19)20)12(9-27)26-17(31)13-5-10(7-28(13)2)25-15(29)6-24-18(21)22/h5,7-9H,3-4,6H2,1-2H3,(H3,19,20)(H,23,30)(H,25,29)(H,26,31)(H4,21,22,24). The maximum absolute atomic E-state index is 12.8. The van der Waals surface area contributed by atoms with Crippen molar-refractivity contribution >= 4 is 40.9 Å². The predicted molar refractivity (Wildman–Crippen MR) is 117 cm³/mol. The number of carbonyl (C=O) groups excluding carboxylic acids is 3. The molecule has 0 aromatic carbocycles. The number of anilines is 2. The molecule has 31 heavy (non-hydrogen) atoms. The van der Waals surface area contributed by atoms with Crippen LogP contribution in [0.15, 0.2) is 29.6 Å². The number of rotatable bonds is 9. The zero-order chi connectivity index (χ0) is 23.1. The van der Waals surface area contributed by atoms with Crippen LogP contribution < -0.4 is 33.2 Å².